The molecule has 0 saturated carbocycles. The van der Waals surface area contributed by atoms with Crippen LogP contribution < -0.4 is 0 Å². The Bertz CT molecular complexity index is 642. The summed E-state index contributed by atoms with van der Waals surface area (Å²) in [7, 11) is -3.54. The molecular formula is C28H51O8P. The average molecular weight is 547 g/mol. The van der Waals surface area contributed by atoms with Gasteiger partial charge in [0.1, 0.15) is 0 Å². The van der Waals surface area contributed by atoms with E-state index in [-0.39, 0.29) is 11.9 Å². The van der Waals surface area contributed by atoms with Crippen molar-refractivity contribution in [1.29, 1.82) is 0 Å². The Morgan fingerprint density at radius 2 is 0.838 bits per heavy atom. The number of ether oxygens (including phenoxy) is 2. The van der Waals surface area contributed by atoms with Gasteiger partial charge in [-0.2, -0.15) is 0 Å². The van der Waals surface area contributed by atoms with Gasteiger partial charge in [-0.05, 0) is 46.0 Å². The van der Waals surface area contributed by atoms with Gasteiger partial charge in [-0.1, -0.05) is 77.9 Å². The number of carbonyl (C=O) groups excluding carboxylic acids is 2. The van der Waals surface area contributed by atoms with Crippen molar-refractivity contribution in [2.45, 2.75) is 111 Å². The zero-order valence-electron chi connectivity index (χ0n) is 23.6. The third-order valence-corrected chi connectivity index (χ3v) is 6.98. The van der Waals surface area contributed by atoms with Crippen molar-refractivity contribution in [2.24, 2.45) is 0 Å². The van der Waals surface area contributed by atoms with Crippen LogP contribution >= 0.6 is 7.82 Å². The van der Waals surface area contributed by atoms with E-state index in [1.165, 1.54) is 0 Å². The Labute approximate surface area is 225 Å². The van der Waals surface area contributed by atoms with Crippen molar-refractivity contribution < 1.29 is 37.2 Å². The van der Waals surface area contributed by atoms with Crippen LogP contribution in [0.4, 0.5) is 0 Å². The predicted molar refractivity (Wildman–Crippen MR) is 147 cm³/mol. The van der Waals surface area contributed by atoms with Gasteiger partial charge < -0.3 is 9.47 Å². The summed E-state index contributed by atoms with van der Waals surface area (Å²) in [5.41, 5.74) is 0.847. The second kappa shape index (κ2) is 23.6. The second-order valence-electron chi connectivity index (χ2n) is 9.38. The summed E-state index contributed by atoms with van der Waals surface area (Å²) in [6, 6.07) is 0. The minimum Gasteiger partial charge on any atom is -0.462 e. The number of carbonyl (C=O) groups is 2. The maximum atomic E-state index is 12.9. The van der Waals surface area contributed by atoms with Gasteiger partial charge in [0.2, 0.25) is 0 Å². The Morgan fingerprint density at radius 1 is 0.541 bits per heavy atom. The van der Waals surface area contributed by atoms with E-state index < -0.39 is 7.82 Å². The molecule has 0 bridgehead atoms. The highest BCUT2D eigenvalue weighted by Gasteiger charge is 2.26. The molecule has 0 radical (unpaired) electrons. The third kappa shape index (κ3) is 22.2. The standard InChI is InChI=1S/C28H51O8P/c1-6-7-22-34-37(31,35-23-18-14-10-8-12-16-20-32-27(29)25(2)3)36-24-19-15-11-9-13-17-21-33-28(30)26(4)5/h2,4,6-24H2,1,3,5H3. The monoisotopic (exact) mass is 546 g/mol. The normalized spacial score (nSPS) is 11.3. The molecule has 9 heteroatoms. The molecule has 0 aliphatic rings. The van der Waals surface area contributed by atoms with Gasteiger partial charge in [0.25, 0.3) is 0 Å². The molecule has 0 spiro atoms. The minimum atomic E-state index is -3.54. The number of esters is 2. The summed E-state index contributed by atoms with van der Waals surface area (Å²) in [6.07, 6.45) is 13.1. The smallest absolute Gasteiger partial charge is 0.462 e. The molecule has 0 rings (SSSR count). The van der Waals surface area contributed by atoms with E-state index in [4.69, 9.17) is 23.0 Å². The second-order valence-corrected chi connectivity index (χ2v) is 11.0. The first kappa shape index (κ1) is 35.5. The molecule has 0 aliphatic carbocycles. The molecule has 0 unspecified atom stereocenters. The zero-order valence-corrected chi connectivity index (χ0v) is 24.5. The van der Waals surface area contributed by atoms with Crippen LogP contribution in [-0.4, -0.2) is 45.0 Å². The van der Waals surface area contributed by atoms with Gasteiger partial charge in [0.15, 0.2) is 0 Å². The van der Waals surface area contributed by atoms with Crippen molar-refractivity contribution in [3.63, 3.8) is 0 Å². The van der Waals surface area contributed by atoms with Crippen molar-refractivity contribution in [3.8, 4) is 0 Å². The van der Waals surface area contributed by atoms with E-state index in [1.807, 2.05) is 6.92 Å². The van der Waals surface area contributed by atoms with Crippen LogP contribution in [-0.2, 0) is 37.2 Å². The lowest BCUT2D eigenvalue weighted by Gasteiger charge is -2.18. The van der Waals surface area contributed by atoms with Crippen LogP contribution in [0, 0.1) is 0 Å². The molecule has 0 aromatic carbocycles. The Kier molecular flexibility index (Phi) is 22.7. The first-order chi connectivity index (χ1) is 17.7. The van der Waals surface area contributed by atoms with Crippen LogP contribution in [0.2, 0.25) is 0 Å². The molecule has 0 N–H and O–H groups in total. The SMILES string of the molecule is C=C(C)C(=O)OCCCCCCCCOP(=O)(OCCCC)OCCCCCCCCOC(=O)C(=C)C. The molecule has 0 heterocycles. The summed E-state index contributed by atoms with van der Waals surface area (Å²) >= 11 is 0. The highest BCUT2D eigenvalue weighted by molar-refractivity contribution is 7.48. The fourth-order valence-corrected chi connectivity index (χ4v) is 4.47. The summed E-state index contributed by atoms with van der Waals surface area (Å²) in [5.74, 6) is -0.665. The number of rotatable bonds is 26. The fourth-order valence-electron chi connectivity index (χ4n) is 3.18. The van der Waals surface area contributed by atoms with E-state index in [0.29, 0.717) is 44.2 Å². The molecule has 0 aromatic rings. The third-order valence-electron chi connectivity index (χ3n) is 5.49. The van der Waals surface area contributed by atoms with Crippen molar-refractivity contribution >= 4 is 19.8 Å². The van der Waals surface area contributed by atoms with Gasteiger partial charge in [0.05, 0.1) is 33.0 Å². The predicted octanol–water partition coefficient (Wildman–Crippen LogP) is 7.86. The van der Waals surface area contributed by atoms with Gasteiger partial charge in [0, 0.05) is 11.1 Å². The molecule has 37 heavy (non-hydrogen) atoms. The summed E-state index contributed by atoms with van der Waals surface area (Å²) in [4.78, 5) is 22.6. The van der Waals surface area contributed by atoms with Gasteiger partial charge >= 0.3 is 19.8 Å². The molecule has 8 nitrogen and oxygen atoms in total. The fraction of sp³-hybridized carbons (Fsp3) is 0.786. The molecule has 0 atom stereocenters. The topological polar surface area (TPSA) is 97.4 Å². The Morgan fingerprint density at radius 3 is 1.16 bits per heavy atom. The zero-order chi connectivity index (χ0) is 27.8. The number of hydrogen-bond donors (Lipinski definition) is 0. The molecule has 0 saturated heterocycles. The van der Waals surface area contributed by atoms with Crippen molar-refractivity contribution in [3.05, 3.63) is 24.3 Å². The maximum absolute atomic E-state index is 12.9. The van der Waals surface area contributed by atoms with Crippen LogP contribution in [0.5, 0.6) is 0 Å². The van der Waals surface area contributed by atoms with Crippen LogP contribution in [0.3, 0.4) is 0 Å². The lowest BCUT2D eigenvalue weighted by molar-refractivity contribution is -0.139. The molecule has 0 amide bonds. The quantitative estimate of drug-likeness (QED) is 0.0468. The number of phosphoric acid groups is 1. The van der Waals surface area contributed by atoms with Gasteiger partial charge in [-0.15, -0.1) is 0 Å². The lowest BCUT2D eigenvalue weighted by Crippen LogP contribution is -2.06. The first-order valence-electron chi connectivity index (χ1n) is 13.9. The summed E-state index contributed by atoms with van der Waals surface area (Å²) < 4.78 is 39.8. The van der Waals surface area contributed by atoms with Crippen molar-refractivity contribution in [2.75, 3.05) is 33.0 Å². The van der Waals surface area contributed by atoms with Gasteiger partial charge in [-0.3, -0.25) is 13.6 Å². The van der Waals surface area contributed by atoms with Crippen LogP contribution in [0.25, 0.3) is 0 Å². The van der Waals surface area contributed by atoms with E-state index in [0.717, 1.165) is 89.9 Å². The Balaban J connectivity index is 3.90. The van der Waals surface area contributed by atoms with Crippen molar-refractivity contribution in [1.82, 2.24) is 0 Å². The molecule has 0 aliphatic heterocycles. The summed E-state index contributed by atoms with van der Waals surface area (Å²) in [5, 5.41) is 0. The first-order valence-corrected chi connectivity index (χ1v) is 15.4. The average Bonchev–Trinajstić information content (AvgIpc) is 2.86. The number of unbranched alkanes of at least 4 members (excludes halogenated alkanes) is 11. The number of hydrogen-bond acceptors (Lipinski definition) is 8. The molecule has 0 aromatic heterocycles. The van der Waals surface area contributed by atoms with E-state index >= 15 is 0 Å². The largest absolute Gasteiger partial charge is 0.474 e. The molecule has 216 valence electrons. The number of phosphoric ester groups is 1. The minimum absolute atomic E-state index is 0.333. The summed E-state index contributed by atoms with van der Waals surface area (Å²) in [6.45, 7) is 14.4. The lowest BCUT2D eigenvalue weighted by atomic mass is 10.1. The van der Waals surface area contributed by atoms with E-state index in [9.17, 15) is 14.2 Å². The molecular weight excluding hydrogens is 495 g/mol. The van der Waals surface area contributed by atoms with E-state index in [2.05, 4.69) is 13.2 Å². The highest BCUT2D eigenvalue weighted by Crippen LogP contribution is 2.49. The highest BCUT2D eigenvalue weighted by atomic mass is 31.2. The van der Waals surface area contributed by atoms with Crippen LogP contribution in [0.15, 0.2) is 24.3 Å². The van der Waals surface area contributed by atoms with Crippen LogP contribution in [0.1, 0.15) is 111 Å². The molecule has 0 fully saturated rings. The van der Waals surface area contributed by atoms with Gasteiger partial charge in [-0.25, -0.2) is 14.2 Å². The maximum Gasteiger partial charge on any atom is 0.474 e. The van der Waals surface area contributed by atoms with E-state index in [1.54, 1.807) is 13.8 Å². The Hall–Kier alpha value is -1.47.